The molecule has 0 saturated heterocycles. The molecule has 0 spiro atoms. The highest BCUT2D eigenvalue weighted by atomic mass is 35.5. The van der Waals surface area contributed by atoms with Crippen LogP contribution in [0.25, 0.3) is 22.4 Å². The summed E-state index contributed by atoms with van der Waals surface area (Å²) in [7, 11) is 0. The summed E-state index contributed by atoms with van der Waals surface area (Å²) >= 11 is 5.79. The number of benzene rings is 2. The fourth-order valence-corrected chi connectivity index (χ4v) is 4.14. The molecule has 0 bridgehead atoms. The topological polar surface area (TPSA) is 76.6 Å². The number of carbonyl (C=O) groups excluding carboxylic acids is 1. The molecule has 0 aliphatic rings. The van der Waals surface area contributed by atoms with E-state index in [9.17, 15) is 9.18 Å². The van der Waals surface area contributed by atoms with E-state index in [1.807, 2.05) is 22.9 Å². The van der Waals surface area contributed by atoms with E-state index in [0.29, 0.717) is 17.9 Å². The summed E-state index contributed by atoms with van der Waals surface area (Å²) in [6.45, 7) is 4.41. The molecule has 5 rings (SSSR count). The van der Waals surface area contributed by atoms with Gasteiger partial charge >= 0.3 is 0 Å². The number of carbonyl (C=O) groups is 1. The highest BCUT2D eigenvalue weighted by Crippen LogP contribution is 2.26. The quantitative estimate of drug-likeness (QED) is 0.385. The Labute approximate surface area is 200 Å². The Morgan fingerprint density at radius 2 is 1.94 bits per heavy atom. The van der Waals surface area contributed by atoms with Gasteiger partial charge in [-0.05, 0) is 49.2 Å². The Morgan fingerprint density at radius 3 is 2.76 bits per heavy atom. The molecular formula is C25H22ClFN6O. The van der Waals surface area contributed by atoms with Crippen LogP contribution in [0, 0.1) is 19.7 Å². The van der Waals surface area contributed by atoms with Crippen molar-refractivity contribution >= 4 is 28.7 Å². The summed E-state index contributed by atoms with van der Waals surface area (Å²) in [6.07, 6.45) is 4.39. The Hall–Kier alpha value is -3.78. The van der Waals surface area contributed by atoms with Gasteiger partial charge in [0.1, 0.15) is 17.2 Å². The molecule has 2 aromatic carbocycles. The molecule has 3 heterocycles. The number of hydrogen-bond donors (Lipinski definition) is 1. The number of rotatable bonds is 6. The molecular weight excluding hydrogens is 455 g/mol. The van der Waals surface area contributed by atoms with Gasteiger partial charge in [-0.2, -0.15) is 5.10 Å². The number of aryl methyl sites for hydroxylation is 3. The van der Waals surface area contributed by atoms with Crippen LogP contribution in [0.2, 0.25) is 5.02 Å². The van der Waals surface area contributed by atoms with E-state index < -0.39 is 5.82 Å². The maximum Gasteiger partial charge on any atom is 0.220 e. The fraction of sp³-hybridized carbons (Fsp3) is 0.200. The number of amides is 1. The highest BCUT2D eigenvalue weighted by molar-refractivity contribution is 6.30. The normalized spacial score (nSPS) is 11.4. The smallest absolute Gasteiger partial charge is 0.220 e. The van der Waals surface area contributed by atoms with Gasteiger partial charge < -0.3 is 5.32 Å². The van der Waals surface area contributed by atoms with E-state index in [0.717, 1.165) is 27.9 Å². The van der Waals surface area contributed by atoms with Crippen molar-refractivity contribution in [3.8, 4) is 11.3 Å². The van der Waals surface area contributed by atoms with Crippen LogP contribution < -0.4 is 5.32 Å². The third-order valence-electron chi connectivity index (χ3n) is 5.81. The van der Waals surface area contributed by atoms with Crippen LogP contribution in [0.15, 0.2) is 54.9 Å². The van der Waals surface area contributed by atoms with Gasteiger partial charge in [0.15, 0.2) is 5.65 Å². The molecule has 0 radical (unpaired) electrons. The van der Waals surface area contributed by atoms with Crippen LogP contribution in [0.1, 0.15) is 28.9 Å². The maximum atomic E-state index is 13.3. The first-order valence-corrected chi connectivity index (χ1v) is 11.3. The van der Waals surface area contributed by atoms with Crippen molar-refractivity contribution in [2.24, 2.45) is 0 Å². The van der Waals surface area contributed by atoms with Crippen molar-refractivity contribution in [1.82, 2.24) is 29.5 Å². The van der Waals surface area contributed by atoms with Crippen molar-refractivity contribution in [3.05, 3.63) is 88.2 Å². The minimum atomic E-state index is -0.483. The monoisotopic (exact) mass is 476 g/mol. The molecule has 172 valence electrons. The lowest BCUT2D eigenvalue weighted by molar-refractivity contribution is -0.121. The van der Waals surface area contributed by atoms with Crippen LogP contribution in [-0.4, -0.2) is 30.1 Å². The first-order chi connectivity index (χ1) is 16.4. The van der Waals surface area contributed by atoms with Gasteiger partial charge in [0, 0.05) is 37.3 Å². The summed E-state index contributed by atoms with van der Waals surface area (Å²) in [4.78, 5) is 12.3. The average Bonchev–Trinajstić information content (AvgIpc) is 3.44. The molecule has 0 fully saturated rings. The molecule has 3 aromatic heterocycles. The molecule has 0 aliphatic carbocycles. The van der Waals surface area contributed by atoms with Crippen LogP contribution in [-0.2, 0) is 17.8 Å². The van der Waals surface area contributed by atoms with Crippen molar-refractivity contribution in [1.29, 1.82) is 0 Å². The van der Waals surface area contributed by atoms with Crippen LogP contribution in [0.5, 0.6) is 0 Å². The second kappa shape index (κ2) is 8.87. The lowest BCUT2D eigenvalue weighted by Crippen LogP contribution is -2.23. The van der Waals surface area contributed by atoms with Gasteiger partial charge in [-0.15, -0.1) is 10.2 Å². The predicted octanol–water partition coefficient (Wildman–Crippen LogP) is 4.70. The standard InChI is InChI=1S/C25H22ClFN6O/c1-15-3-4-16(2)18(11-15)21-13-22-25-30-29-23(32(25)9-10-33(22)31-21)7-8-24(34)28-14-17-5-6-20(27)19(26)12-17/h3-6,9-13H,7-8,14H2,1-2H3,(H,28,34). The van der Waals surface area contributed by atoms with E-state index in [2.05, 4.69) is 47.6 Å². The first kappa shape index (κ1) is 22.0. The third kappa shape index (κ3) is 4.24. The maximum absolute atomic E-state index is 13.3. The van der Waals surface area contributed by atoms with Crippen LogP contribution in [0.4, 0.5) is 4.39 Å². The molecule has 7 nitrogen and oxygen atoms in total. The second-order valence-electron chi connectivity index (χ2n) is 8.31. The van der Waals surface area contributed by atoms with Crippen molar-refractivity contribution in [2.75, 3.05) is 0 Å². The van der Waals surface area contributed by atoms with Crippen LogP contribution >= 0.6 is 11.6 Å². The number of halogens is 2. The highest BCUT2D eigenvalue weighted by Gasteiger charge is 2.14. The molecule has 1 N–H and O–H groups in total. The van der Waals surface area contributed by atoms with E-state index in [1.54, 1.807) is 10.6 Å². The average molecular weight is 477 g/mol. The Balaban J connectivity index is 1.32. The van der Waals surface area contributed by atoms with E-state index >= 15 is 0 Å². The zero-order chi connectivity index (χ0) is 23.8. The minimum Gasteiger partial charge on any atom is -0.352 e. The molecule has 9 heteroatoms. The van der Waals surface area contributed by atoms with Gasteiger partial charge in [0.2, 0.25) is 5.91 Å². The summed E-state index contributed by atoms with van der Waals surface area (Å²) in [5.74, 6) is 0.0654. The summed E-state index contributed by atoms with van der Waals surface area (Å²) in [5.41, 5.74) is 6.54. The van der Waals surface area contributed by atoms with Gasteiger partial charge in [-0.25, -0.2) is 8.91 Å². The lowest BCUT2D eigenvalue weighted by Gasteiger charge is -2.06. The molecule has 0 unspecified atom stereocenters. The SMILES string of the molecule is Cc1ccc(C)c(-c2cc3c4nnc(CCC(=O)NCc5ccc(F)c(Cl)c5)n4ccn3n2)c1. The van der Waals surface area contributed by atoms with Gasteiger partial charge in [-0.1, -0.05) is 35.4 Å². The summed E-state index contributed by atoms with van der Waals surface area (Å²) in [6, 6.07) is 12.7. The Bertz CT molecular complexity index is 1540. The van der Waals surface area contributed by atoms with Crippen molar-refractivity contribution in [3.63, 3.8) is 0 Å². The molecule has 1 amide bonds. The number of nitrogens with zero attached hydrogens (tertiary/aromatic N) is 5. The van der Waals surface area contributed by atoms with Crippen molar-refractivity contribution < 1.29 is 9.18 Å². The first-order valence-electron chi connectivity index (χ1n) is 10.9. The van der Waals surface area contributed by atoms with Gasteiger partial charge in [0.05, 0.1) is 10.7 Å². The molecule has 5 aromatic rings. The van der Waals surface area contributed by atoms with E-state index in [4.69, 9.17) is 16.7 Å². The minimum absolute atomic E-state index is 0.0357. The Morgan fingerprint density at radius 1 is 1.09 bits per heavy atom. The largest absolute Gasteiger partial charge is 0.352 e. The Kier molecular flexibility index (Phi) is 5.75. The zero-order valence-electron chi connectivity index (χ0n) is 18.7. The lowest BCUT2D eigenvalue weighted by atomic mass is 10.0. The number of hydrogen-bond acceptors (Lipinski definition) is 4. The van der Waals surface area contributed by atoms with Gasteiger partial charge in [-0.3, -0.25) is 9.20 Å². The van der Waals surface area contributed by atoms with E-state index in [-0.39, 0.29) is 23.9 Å². The molecule has 0 saturated carbocycles. The molecule has 34 heavy (non-hydrogen) atoms. The van der Waals surface area contributed by atoms with Crippen molar-refractivity contribution in [2.45, 2.75) is 33.2 Å². The summed E-state index contributed by atoms with van der Waals surface area (Å²) < 4.78 is 17.0. The number of aromatic nitrogens is 5. The zero-order valence-corrected chi connectivity index (χ0v) is 19.5. The predicted molar refractivity (Wildman–Crippen MR) is 128 cm³/mol. The third-order valence-corrected chi connectivity index (χ3v) is 6.10. The number of nitrogens with one attached hydrogen (secondary N) is 1. The molecule has 0 atom stereocenters. The molecule has 0 aliphatic heterocycles. The van der Waals surface area contributed by atoms with E-state index in [1.165, 1.54) is 17.7 Å². The van der Waals surface area contributed by atoms with Gasteiger partial charge in [0.25, 0.3) is 0 Å². The number of fused-ring (bicyclic) bond motifs is 3. The van der Waals surface area contributed by atoms with Crippen LogP contribution in [0.3, 0.4) is 0 Å². The summed E-state index contributed by atoms with van der Waals surface area (Å²) in [5, 5.41) is 16.2. The second-order valence-corrected chi connectivity index (χ2v) is 8.72. The fourth-order valence-electron chi connectivity index (χ4n) is 3.94.